The predicted octanol–water partition coefficient (Wildman–Crippen LogP) is 0.937. The van der Waals surface area contributed by atoms with Gasteiger partial charge in [-0.2, -0.15) is 17.0 Å². The molecule has 0 aliphatic rings. The molecule has 5 nitrogen and oxygen atoms in total. The summed E-state index contributed by atoms with van der Waals surface area (Å²) in [6.45, 7) is 0.377. The van der Waals surface area contributed by atoms with E-state index in [1.807, 2.05) is 18.2 Å². The first-order valence-corrected chi connectivity index (χ1v) is 7.07. The summed E-state index contributed by atoms with van der Waals surface area (Å²) in [5, 5.41) is 0. The van der Waals surface area contributed by atoms with Gasteiger partial charge >= 0.3 is 0 Å². The van der Waals surface area contributed by atoms with Gasteiger partial charge in [-0.25, -0.2) is 0 Å². The topological polar surface area (TPSA) is 49.9 Å². The van der Waals surface area contributed by atoms with Gasteiger partial charge in [0.1, 0.15) is 12.4 Å². The average molecular weight is 282 g/mol. The van der Waals surface area contributed by atoms with Gasteiger partial charge in [-0.1, -0.05) is 24.1 Å². The summed E-state index contributed by atoms with van der Waals surface area (Å²) in [7, 11) is 1.06. The molecule has 0 aromatic heterocycles. The Morgan fingerprint density at radius 1 is 1.26 bits per heavy atom. The van der Waals surface area contributed by atoms with E-state index >= 15 is 0 Å². The summed E-state index contributed by atoms with van der Waals surface area (Å²) in [5.41, 5.74) is 0.769. The Labute approximate surface area is 115 Å². The Kier molecular flexibility index (Phi) is 5.36. The van der Waals surface area contributed by atoms with Crippen molar-refractivity contribution in [1.82, 2.24) is 8.61 Å². The molecule has 0 heterocycles. The lowest BCUT2D eigenvalue weighted by Crippen LogP contribution is -2.36. The molecule has 1 rings (SSSR count). The molecule has 1 aromatic carbocycles. The second kappa shape index (κ2) is 6.57. The highest BCUT2D eigenvalue weighted by Gasteiger charge is 2.21. The normalized spacial score (nSPS) is 11.6. The van der Waals surface area contributed by atoms with Crippen LogP contribution < -0.4 is 4.74 Å². The molecule has 1 aromatic rings. The van der Waals surface area contributed by atoms with Gasteiger partial charge < -0.3 is 4.74 Å². The lowest BCUT2D eigenvalue weighted by atomic mass is 10.2. The van der Waals surface area contributed by atoms with Gasteiger partial charge in [0.05, 0.1) is 0 Å². The monoisotopic (exact) mass is 282 g/mol. The third-order valence-electron chi connectivity index (χ3n) is 2.53. The largest absolute Gasteiger partial charge is 0.481 e. The minimum atomic E-state index is -3.44. The van der Waals surface area contributed by atoms with Crippen LogP contribution in [0.15, 0.2) is 24.3 Å². The highest BCUT2D eigenvalue weighted by Crippen LogP contribution is 2.20. The van der Waals surface area contributed by atoms with Crippen molar-refractivity contribution in [2.45, 2.75) is 6.54 Å². The number of benzene rings is 1. The first-order chi connectivity index (χ1) is 8.89. The van der Waals surface area contributed by atoms with Crippen LogP contribution in [0.3, 0.4) is 0 Å². The lowest BCUT2D eigenvalue weighted by molar-refractivity contribution is 0.356. The number of hydrogen-bond donors (Lipinski definition) is 0. The van der Waals surface area contributed by atoms with Gasteiger partial charge in [-0.3, -0.25) is 0 Å². The molecule has 0 bridgehead atoms. The average Bonchev–Trinajstić information content (AvgIpc) is 2.37. The van der Waals surface area contributed by atoms with Gasteiger partial charge in [0, 0.05) is 33.3 Å². The van der Waals surface area contributed by atoms with Crippen LogP contribution in [0, 0.1) is 12.3 Å². The number of nitrogens with zero attached hydrogens (tertiary/aromatic N) is 2. The van der Waals surface area contributed by atoms with Crippen molar-refractivity contribution in [3.63, 3.8) is 0 Å². The summed E-state index contributed by atoms with van der Waals surface area (Å²) in [6.07, 6.45) is 5.15. The van der Waals surface area contributed by atoms with E-state index < -0.39 is 10.2 Å². The van der Waals surface area contributed by atoms with Crippen LogP contribution in [0.2, 0.25) is 0 Å². The third-order valence-corrected chi connectivity index (χ3v) is 4.37. The second-order valence-corrected chi connectivity index (χ2v) is 6.40. The van der Waals surface area contributed by atoms with Crippen LogP contribution in [0.4, 0.5) is 0 Å². The maximum absolute atomic E-state index is 11.9. The summed E-state index contributed by atoms with van der Waals surface area (Å²) in [6, 6.07) is 7.22. The van der Waals surface area contributed by atoms with Gasteiger partial charge in [-0.15, -0.1) is 6.42 Å². The van der Waals surface area contributed by atoms with Crippen molar-refractivity contribution >= 4 is 10.2 Å². The van der Waals surface area contributed by atoms with E-state index in [4.69, 9.17) is 11.2 Å². The number of para-hydroxylation sites is 1. The zero-order chi connectivity index (χ0) is 14.5. The third kappa shape index (κ3) is 3.96. The van der Waals surface area contributed by atoms with Gasteiger partial charge in [0.2, 0.25) is 0 Å². The Hall–Kier alpha value is -1.55. The number of rotatable bonds is 6. The van der Waals surface area contributed by atoms with Crippen molar-refractivity contribution in [2.75, 3.05) is 27.7 Å². The summed E-state index contributed by atoms with van der Waals surface area (Å²) < 4.78 is 31.7. The zero-order valence-electron chi connectivity index (χ0n) is 11.3. The lowest BCUT2D eigenvalue weighted by Gasteiger charge is -2.22. The van der Waals surface area contributed by atoms with E-state index in [1.165, 1.54) is 25.4 Å². The van der Waals surface area contributed by atoms with Crippen LogP contribution in [-0.4, -0.2) is 44.8 Å². The fraction of sp³-hybridized carbons (Fsp3) is 0.385. The van der Waals surface area contributed by atoms with E-state index in [9.17, 15) is 8.42 Å². The Bertz CT molecular complexity index is 561. The molecule has 0 aliphatic carbocycles. The first kappa shape index (κ1) is 15.5. The van der Waals surface area contributed by atoms with Crippen LogP contribution in [0.25, 0.3) is 0 Å². The maximum atomic E-state index is 11.9. The molecule has 0 saturated heterocycles. The van der Waals surface area contributed by atoms with Crippen LogP contribution >= 0.6 is 0 Å². The molecule has 0 aliphatic heterocycles. The molecular formula is C13H18N2O3S. The smallest absolute Gasteiger partial charge is 0.281 e. The summed E-state index contributed by atoms with van der Waals surface area (Å²) in [4.78, 5) is 0. The molecule has 6 heteroatoms. The Balaban J connectivity index is 2.91. The van der Waals surface area contributed by atoms with Gasteiger partial charge in [0.25, 0.3) is 10.2 Å². The maximum Gasteiger partial charge on any atom is 0.281 e. The quantitative estimate of drug-likeness (QED) is 0.730. The van der Waals surface area contributed by atoms with E-state index in [0.717, 1.165) is 9.87 Å². The van der Waals surface area contributed by atoms with E-state index in [0.29, 0.717) is 5.75 Å². The second-order valence-electron chi connectivity index (χ2n) is 4.15. The first-order valence-electron chi connectivity index (χ1n) is 5.67. The van der Waals surface area contributed by atoms with Crippen molar-refractivity contribution < 1.29 is 13.2 Å². The molecule has 0 N–H and O–H groups in total. The van der Waals surface area contributed by atoms with E-state index in [2.05, 4.69) is 5.92 Å². The molecule has 0 spiro atoms. The summed E-state index contributed by atoms with van der Waals surface area (Å²) >= 11 is 0. The van der Waals surface area contributed by atoms with E-state index in [-0.39, 0.29) is 13.2 Å². The standard InChI is InChI=1S/C13H18N2O3S/c1-5-10-18-13-9-7-6-8-12(13)11-15(4)19(16,17)14(2)3/h1,6-9H,10-11H2,2-4H3. The number of ether oxygens (including phenoxy) is 1. The van der Waals surface area contributed by atoms with Crippen LogP contribution in [-0.2, 0) is 16.8 Å². The minimum absolute atomic E-state index is 0.154. The molecule has 0 unspecified atom stereocenters. The van der Waals surface area contributed by atoms with Crippen molar-refractivity contribution in [3.05, 3.63) is 29.8 Å². The fourth-order valence-corrected chi connectivity index (χ4v) is 2.35. The van der Waals surface area contributed by atoms with Crippen LogP contribution in [0.5, 0.6) is 5.75 Å². The SMILES string of the molecule is C#CCOc1ccccc1CN(C)S(=O)(=O)N(C)C. The molecule has 0 atom stereocenters. The highest BCUT2D eigenvalue weighted by molar-refractivity contribution is 7.86. The molecule has 104 valence electrons. The fourth-order valence-electron chi connectivity index (χ4n) is 1.49. The molecule has 19 heavy (non-hydrogen) atoms. The van der Waals surface area contributed by atoms with Gasteiger partial charge in [0.15, 0.2) is 0 Å². The number of hydrogen-bond acceptors (Lipinski definition) is 3. The molecular weight excluding hydrogens is 264 g/mol. The Morgan fingerprint density at radius 3 is 2.47 bits per heavy atom. The van der Waals surface area contributed by atoms with E-state index in [1.54, 1.807) is 6.07 Å². The molecule has 0 saturated carbocycles. The molecule has 0 amide bonds. The van der Waals surface area contributed by atoms with Crippen molar-refractivity contribution in [2.24, 2.45) is 0 Å². The minimum Gasteiger partial charge on any atom is -0.481 e. The summed E-state index contributed by atoms with van der Waals surface area (Å²) in [5.74, 6) is 2.98. The van der Waals surface area contributed by atoms with Crippen LogP contribution in [0.1, 0.15) is 5.56 Å². The van der Waals surface area contributed by atoms with Gasteiger partial charge in [-0.05, 0) is 6.07 Å². The molecule has 0 radical (unpaired) electrons. The Morgan fingerprint density at radius 2 is 1.89 bits per heavy atom. The number of terminal acetylenes is 1. The highest BCUT2D eigenvalue weighted by atomic mass is 32.2. The zero-order valence-corrected chi connectivity index (χ0v) is 12.1. The van der Waals surface area contributed by atoms with Crippen molar-refractivity contribution in [3.8, 4) is 18.1 Å². The predicted molar refractivity (Wildman–Crippen MR) is 74.8 cm³/mol. The molecule has 0 fully saturated rings. The van der Waals surface area contributed by atoms with Crippen molar-refractivity contribution in [1.29, 1.82) is 0 Å².